The van der Waals surface area contributed by atoms with Crippen LogP contribution in [0, 0.1) is 0 Å². The summed E-state index contributed by atoms with van der Waals surface area (Å²) in [5.41, 5.74) is 2.50. The Kier molecular flexibility index (Phi) is 4.54. The molecule has 0 aromatic carbocycles. The molecule has 17 heavy (non-hydrogen) atoms. The Bertz CT molecular complexity index is 345. The number of aromatic nitrogens is 3. The van der Waals surface area contributed by atoms with Crippen molar-refractivity contribution in [2.45, 2.75) is 65.0 Å². The number of fused-ring (bicyclic) bond motifs is 1. The van der Waals surface area contributed by atoms with Crippen LogP contribution in [-0.4, -0.2) is 21.5 Å². The highest BCUT2D eigenvalue weighted by molar-refractivity contribution is 5.13. The summed E-state index contributed by atoms with van der Waals surface area (Å²) < 4.78 is 2.15. The summed E-state index contributed by atoms with van der Waals surface area (Å²) in [7, 11) is 0. The molecule has 96 valence electrons. The van der Waals surface area contributed by atoms with E-state index in [0.29, 0.717) is 6.04 Å². The first-order valence-electron chi connectivity index (χ1n) is 6.96. The van der Waals surface area contributed by atoms with Crippen LogP contribution in [0.25, 0.3) is 0 Å². The number of hydrogen-bond acceptors (Lipinski definition) is 3. The molecule has 0 saturated carbocycles. The normalized spacial score (nSPS) is 16.8. The number of hydrogen-bond donors (Lipinski definition) is 1. The fraction of sp³-hybridized carbons (Fsp3) is 0.846. The molecule has 1 atom stereocenters. The molecule has 0 fully saturated rings. The van der Waals surface area contributed by atoms with E-state index in [1.165, 1.54) is 37.8 Å². The second-order valence-electron chi connectivity index (χ2n) is 5.05. The van der Waals surface area contributed by atoms with Crippen molar-refractivity contribution >= 4 is 0 Å². The van der Waals surface area contributed by atoms with Gasteiger partial charge in [-0.15, -0.1) is 5.10 Å². The van der Waals surface area contributed by atoms with Crippen LogP contribution in [-0.2, 0) is 13.0 Å². The van der Waals surface area contributed by atoms with Gasteiger partial charge in [0.2, 0.25) is 0 Å². The third kappa shape index (κ3) is 3.06. The topological polar surface area (TPSA) is 42.7 Å². The van der Waals surface area contributed by atoms with Crippen molar-refractivity contribution in [2.75, 3.05) is 6.54 Å². The first-order valence-corrected chi connectivity index (χ1v) is 6.96. The maximum Gasteiger partial charge on any atom is 0.0997 e. The summed E-state index contributed by atoms with van der Waals surface area (Å²) >= 11 is 0. The van der Waals surface area contributed by atoms with Crippen LogP contribution in [0.5, 0.6) is 0 Å². The molecule has 0 spiro atoms. The van der Waals surface area contributed by atoms with Crippen molar-refractivity contribution in [2.24, 2.45) is 0 Å². The first kappa shape index (κ1) is 12.6. The van der Waals surface area contributed by atoms with Crippen LogP contribution in [0.1, 0.15) is 63.4 Å². The van der Waals surface area contributed by atoms with E-state index in [4.69, 9.17) is 0 Å². The molecule has 2 rings (SSSR count). The zero-order chi connectivity index (χ0) is 12.1. The molecule has 1 N–H and O–H groups in total. The molecule has 1 aliphatic rings. The molecule has 0 aliphatic carbocycles. The zero-order valence-electron chi connectivity index (χ0n) is 11.1. The highest BCUT2D eigenvalue weighted by Gasteiger charge is 2.19. The van der Waals surface area contributed by atoms with E-state index in [1.54, 1.807) is 0 Å². The van der Waals surface area contributed by atoms with Crippen molar-refractivity contribution in [3.05, 3.63) is 11.4 Å². The molecular formula is C13H24N4. The Labute approximate surface area is 104 Å². The average Bonchev–Trinajstić information content (AvgIpc) is 2.78. The van der Waals surface area contributed by atoms with Gasteiger partial charge in [-0.3, -0.25) is 0 Å². The Hall–Kier alpha value is -0.900. The van der Waals surface area contributed by atoms with E-state index in [2.05, 4.69) is 34.2 Å². The second-order valence-corrected chi connectivity index (χ2v) is 5.05. The number of nitrogens with one attached hydrogen (secondary N) is 1. The Morgan fingerprint density at radius 2 is 2.24 bits per heavy atom. The fourth-order valence-electron chi connectivity index (χ4n) is 2.50. The molecule has 1 aromatic rings. The summed E-state index contributed by atoms with van der Waals surface area (Å²) in [4.78, 5) is 0. The lowest BCUT2D eigenvalue weighted by molar-refractivity contribution is 0.411. The highest BCUT2D eigenvalue weighted by Crippen LogP contribution is 2.20. The lowest BCUT2D eigenvalue weighted by Gasteiger charge is -2.18. The van der Waals surface area contributed by atoms with Crippen LogP contribution in [0.2, 0.25) is 0 Å². The lowest BCUT2D eigenvalue weighted by atomic mass is 10.1. The Morgan fingerprint density at radius 3 is 3.06 bits per heavy atom. The van der Waals surface area contributed by atoms with Gasteiger partial charge in [-0.2, -0.15) is 0 Å². The van der Waals surface area contributed by atoms with Crippen LogP contribution in [0.15, 0.2) is 0 Å². The molecule has 2 heterocycles. The van der Waals surface area contributed by atoms with Crippen molar-refractivity contribution in [1.29, 1.82) is 0 Å². The van der Waals surface area contributed by atoms with E-state index < -0.39 is 0 Å². The summed E-state index contributed by atoms with van der Waals surface area (Å²) in [5, 5.41) is 11.9. The van der Waals surface area contributed by atoms with Gasteiger partial charge in [-0.1, -0.05) is 37.8 Å². The zero-order valence-corrected chi connectivity index (χ0v) is 11.1. The van der Waals surface area contributed by atoms with Crippen molar-refractivity contribution in [3.63, 3.8) is 0 Å². The smallest absolute Gasteiger partial charge is 0.0997 e. The van der Waals surface area contributed by atoms with E-state index in [1.807, 2.05) is 0 Å². The predicted molar refractivity (Wildman–Crippen MR) is 68.9 cm³/mol. The van der Waals surface area contributed by atoms with Gasteiger partial charge < -0.3 is 5.32 Å². The van der Waals surface area contributed by atoms with Gasteiger partial charge >= 0.3 is 0 Å². The van der Waals surface area contributed by atoms with E-state index in [9.17, 15) is 0 Å². The summed E-state index contributed by atoms with van der Waals surface area (Å²) in [6, 6.07) is 0.501. The van der Waals surface area contributed by atoms with Gasteiger partial charge in [0.15, 0.2) is 0 Å². The van der Waals surface area contributed by atoms with Crippen molar-refractivity contribution in [1.82, 2.24) is 20.3 Å². The molecule has 0 amide bonds. The minimum atomic E-state index is 0.501. The summed E-state index contributed by atoms with van der Waals surface area (Å²) in [6.45, 7) is 6.47. The largest absolute Gasteiger partial charge is 0.311 e. The molecule has 4 heteroatoms. The molecular weight excluding hydrogens is 212 g/mol. The molecule has 4 nitrogen and oxygen atoms in total. The van der Waals surface area contributed by atoms with Gasteiger partial charge in [0, 0.05) is 19.5 Å². The summed E-state index contributed by atoms with van der Waals surface area (Å²) in [5.74, 6) is 0. The minimum absolute atomic E-state index is 0.501. The van der Waals surface area contributed by atoms with Gasteiger partial charge in [0.1, 0.15) is 0 Å². The summed E-state index contributed by atoms with van der Waals surface area (Å²) in [6.07, 6.45) is 7.61. The lowest BCUT2D eigenvalue weighted by Crippen LogP contribution is -2.25. The van der Waals surface area contributed by atoms with Crippen LogP contribution < -0.4 is 5.32 Å². The van der Waals surface area contributed by atoms with Crippen LogP contribution >= 0.6 is 0 Å². The Balaban J connectivity index is 1.90. The van der Waals surface area contributed by atoms with Crippen molar-refractivity contribution < 1.29 is 0 Å². The molecule has 0 radical (unpaired) electrons. The fourth-order valence-corrected chi connectivity index (χ4v) is 2.50. The monoisotopic (exact) mass is 236 g/mol. The SMILES string of the molecule is CCCCCCC(C)n1nnc2c1CCNC2. The van der Waals surface area contributed by atoms with Crippen molar-refractivity contribution in [3.8, 4) is 0 Å². The van der Waals surface area contributed by atoms with Gasteiger partial charge in [-0.05, 0) is 13.3 Å². The molecule has 1 unspecified atom stereocenters. The second kappa shape index (κ2) is 6.15. The quantitative estimate of drug-likeness (QED) is 0.772. The van der Waals surface area contributed by atoms with Gasteiger partial charge in [0.05, 0.1) is 17.4 Å². The maximum absolute atomic E-state index is 4.32. The third-order valence-electron chi connectivity index (χ3n) is 3.60. The van der Waals surface area contributed by atoms with E-state index >= 15 is 0 Å². The highest BCUT2D eigenvalue weighted by atomic mass is 15.4. The minimum Gasteiger partial charge on any atom is -0.311 e. The first-order chi connectivity index (χ1) is 8.33. The van der Waals surface area contributed by atoms with Crippen LogP contribution in [0.4, 0.5) is 0 Å². The van der Waals surface area contributed by atoms with Gasteiger partial charge in [0.25, 0.3) is 0 Å². The molecule has 0 bridgehead atoms. The predicted octanol–water partition coefficient (Wildman–Crippen LogP) is 2.46. The van der Waals surface area contributed by atoms with E-state index in [-0.39, 0.29) is 0 Å². The van der Waals surface area contributed by atoms with Gasteiger partial charge in [-0.25, -0.2) is 4.68 Å². The standard InChI is InChI=1S/C13H24N4/c1-3-4-5-6-7-11(2)17-13-8-9-14-10-12(13)15-16-17/h11,14H,3-10H2,1-2H3. The molecule has 1 aromatic heterocycles. The third-order valence-corrected chi connectivity index (χ3v) is 3.60. The maximum atomic E-state index is 4.32. The average molecular weight is 236 g/mol. The molecule has 1 aliphatic heterocycles. The molecule has 0 saturated heterocycles. The number of rotatable bonds is 6. The van der Waals surface area contributed by atoms with Crippen LogP contribution in [0.3, 0.4) is 0 Å². The number of unbranched alkanes of at least 4 members (excludes halogenated alkanes) is 3. The Morgan fingerprint density at radius 1 is 1.35 bits per heavy atom. The number of nitrogens with zero attached hydrogens (tertiary/aromatic N) is 3. The van der Waals surface area contributed by atoms with E-state index in [0.717, 1.165) is 25.2 Å².